The third kappa shape index (κ3) is 2.90. The average Bonchev–Trinajstić information content (AvgIpc) is 2.76. The first-order chi connectivity index (χ1) is 8.48. The molecular weight excluding hydrogens is 251 g/mol. The topological polar surface area (TPSA) is 60.2 Å². The van der Waals surface area contributed by atoms with Gasteiger partial charge in [-0.25, -0.2) is 0 Å². The molecule has 96 valence electrons. The third-order valence-electron chi connectivity index (χ3n) is 1.97. The summed E-state index contributed by atoms with van der Waals surface area (Å²) in [6.07, 6.45) is -4.70. The summed E-state index contributed by atoms with van der Waals surface area (Å²) in [7, 11) is 1.61. The van der Waals surface area contributed by atoms with Crippen LogP contribution in [0.5, 0.6) is 5.75 Å². The molecule has 1 heterocycles. The lowest BCUT2D eigenvalue weighted by Gasteiger charge is -2.08. The molecule has 0 atom stereocenters. The first-order valence-electron chi connectivity index (χ1n) is 4.85. The summed E-state index contributed by atoms with van der Waals surface area (Å²) in [6, 6.07) is 5.36. The number of nitrogens with zero attached hydrogens (tertiary/aromatic N) is 2. The Balaban J connectivity index is 2.17. The summed E-state index contributed by atoms with van der Waals surface area (Å²) in [4.78, 5) is 0. The van der Waals surface area contributed by atoms with E-state index in [1.807, 2.05) is 0 Å². The van der Waals surface area contributed by atoms with Gasteiger partial charge in [0.2, 0.25) is 5.89 Å². The maximum absolute atomic E-state index is 11.9. The molecule has 1 N–H and O–H groups in total. The van der Waals surface area contributed by atoms with Crippen LogP contribution in [0, 0.1) is 0 Å². The van der Waals surface area contributed by atoms with Crippen LogP contribution in [0.15, 0.2) is 28.7 Å². The number of rotatable bonds is 3. The van der Waals surface area contributed by atoms with Crippen molar-refractivity contribution in [2.75, 3.05) is 12.4 Å². The molecule has 0 amide bonds. The van der Waals surface area contributed by atoms with Gasteiger partial charge in [0.1, 0.15) is 5.75 Å². The number of hydrogen-bond donors (Lipinski definition) is 1. The summed E-state index contributed by atoms with van der Waals surface area (Å²) in [5.41, 5.74) is 0.499. The van der Waals surface area contributed by atoms with Gasteiger partial charge in [-0.05, 0) is 24.3 Å². The minimum absolute atomic E-state index is 0.206. The van der Waals surface area contributed by atoms with E-state index in [4.69, 9.17) is 4.42 Å². The van der Waals surface area contributed by atoms with Crippen molar-refractivity contribution in [3.63, 3.8) is 0 Å². The number of hydrogen-bond acceptors (Lipinski definition) is 5. The molecule has 0 unspecified atom stereocenters. The van der Waals surface area contributed by atoms with Crippen LogP contribution in [0.2, 0.25) is 0 Å². The van der Waals surface area contributed by atoms with Crippen molar-refractivity contribution < 1.29 is 22.3 Å². The number of benzene rings is 1. The fraction of sp³-hybridized carbons (Fsp3) is 0.200. The van der Waals surface area contributed by atoms with Gasteiger partial charge in [0.05, 0.1) is 0 Å². The number of halogens is 3. The van der Waals surface area contributed by atoms with Gasteiger partial charge in [-0.15, -0.1) is 18.3 Å². The quantitative estimate of drug-likeness (QED) is 0.918. The molecule has 0 aliphatic rings. The largest absolute Gasteiger partial charge is 0.573 e. The van der Waals surface area contributed by atoms with Crippen molar-refractivity contribution in [3.8, 4) is 17.2 Å². The minimum Gasteiger partial charge on any atom is -0.406 e. The molecule has 18 heavy (non-hydrogen) atoms. The predicted octanol–water partition coefficient (Wildman–Crippen LogP) is 2.68. The number of anilines is 1. The Kier molecular flexibility index (Phi) is 3.09. The van der Waals surface area contributed by atoms with Crippen LogP contribution in [0.1, 0.15) is 0 Å². The van der Waals surface area contributed by atoms with Crippen molar-refractivity contribution >= 4 is 6.01 Å². The first kappa shape index (κ1) is 12.2. The molecule has 1 aromatic heterocycles. The highest BCUT2D eigenvalue weighted by Crippen LogP contribution is 2.26. The molecule has 0 saturated carbocycles. The van der Waals surface area contributed by atoms with E-state index in [2.05, 4.69) is 20.3 Å². The molecule has 0 aliphatic carbocycles. The molecule has 5 nitrogen and oxygen atoms in total. The van der Waals surface area contributed by atoms with Crippen molar-refractivity contribution in [1.82, 2.24) is 10.2 Å². The van der Waals surface area contributed by atoms with Crippen molar-refractivity contribution in [2.24, 2.45) is 0 Å². The second-order valence-corrected chi connectivity index (χ2v) is 3.23. The molecule has 0 fully saturated rings. The van der Waals surface area contributed by atoms with Crippen LogP contribution >= 0.6 is 0 Å². The average molecular weight is 259 g/mol. The highest BCUT2D eigenvalue weighted by molar-refractivity contribution is 5.54. The lowest BCUT2D eigenvalue weighted by molar-refractivity contribution is -0.274. The van der Waals surface area contributed by atoms with E-state index >= 15 is 0 Å². The number of alkyl halides is 3. The summed E-state index contributed by atoms with van der Waals surface area (Å²) in [5, 5.41) is 10.0. The van der Waals surface area contributed by atoms with E-state index in [1.54, 1.807) is 7.05 Å². The molecule has 8 heteroatoms. The summed E-state index contributed by atoms with van der Waals surface area (Å²) < 4.78 is 44.7. The molecule has 0 spiro atoms. The van der Waals surface area contributed by atoms with E-state index < -0.39 is 6.36 Å². The molecule has 1 aromatic carbocycles. The van der Waals surface area contributed by atoms with Crippen molar-refractivity contribution in [2.45, 2.75) is 6.36 Å². The highest BCUT2D eigenvalue weighted by Gasteiger charge is 2.31. The van der Waals surface area contributed by atoms with Crippen molar-refractivity contribution in [1.29, 1.82) is 0 Å². The maximum Gasteiger partial charge on any atom is 0.573 e. The van der Waals surface area contributed by atoms with E-state index in [-0.39, 0.29) is 17.7 Å². The van der Waals surface area contributed by atoms with Crippen LogP contribution in [-0.4, -0.2) is 23.6 Å². The Morgan fingerprint density at radius 1 is 1.17 bits per heavy atom. The summed E-state index contributed by atoms with van der Waals surface area (Å²) >= 11 is 0. The van der Waals surface area contributed by atoms with Crippen LogP contribution in [0.25, 0.3) is 11.5 Å². The molecule has 0 aliphatic heterocycles. The molecule has 2 rings (SSSR count). The smallest absolute Gasteiger partial charge is 0.406 e. The number of aromatic nitrogens is 2. The highest BCUT2D eigenvalue weighted by atomic mass is 19.4. The first-order valence-corrected chi connectivity index (χ1v) is 4.85. The van der Waals surface area contributed by atoms with Gasteiger partial charge >= 0.3 is 12.4 Å². The van der Waals surface area contributed by atoms with Crippen LogP contribution in [0.3, 0.4) is 0 Å². The lowest BCUT2D eigenvalue weighted by Crippen LogP contribution is -2.16. The van der Waals surface area contributed by atoms with Crippen LogP contribution in [-0.2, 0) is 0 Å². The van der Waals surface area contributed by atoms with Gasteiger partial charge < -0.3 is 14.5 Å². The van der Waals surface area contributed by atoms with Gasteiger partial charge in [-0.1, -0.05) is 5.10 Å². The van der Waals surface area contributed by atoms with E-state index in [0.29, 0.717) is 5.56 Å². The second kappa shape index (κ2) is 4.55. The van der Waals surface area contributed by atoms with E-state index in [1.165, 1.54) is 24.3 Å². The van der Waals surface area contributed by atoms with Gasteiger partial charge in [0.15, 0.2) is 0 Å². The Morgan fingerprint density at radius 2 is 1.83 bits per heavy atom. The van der Waals surface area contributed by atoms with E-state index in [9.17, 15) is 13.2 Å². The van der Waals surface area contributed by atoms with Gasteiger partial charge in [0.25, 0.3) is 0 Å². The van der Waals surface area contributed by atoms with Crippen molar-refractivity contribution in [3.05, 3.63) is 24.3 Å². The Bertz CT molecular complexity index is 522. The fourth-order valence-corrected chi connectivity index (χ4v) is 1.24. The van der Waals surface area contributed by atoms with Crippen LogP contribution in [0.4, 0.5) is 19.2 Å². The number of nitrogens with one attached hydrogen (secondary N) is 1. The standard InChI is InChI=1S/C10H8F3N3O2/c1-14-9-16-15-8(17-9)6-2-4-7(5-3-6)18-10(11,12)13/h2-5H,1H3,(H,14,16). The maximum atomic E-state index is 11.9. The SMILES string of the molecule is CNc1nnc(-c2ccc(OC(F)(F)F)cc2)o1. The predicted molar refractivity (Wildman–Crippen MR) is 56.0 cm³/mol. The zero-order chi connectivity index (χ0) is 13.2. The summed E-state index contributed by atoms with van der Waals surface area (Å²) in [5.74, 6) is -0.0995. The fourth-order valence-electron chi connectivity index (χ4n) is 1.24. The molecule has 2 aromatic rings. The number of ether oxygens (including phenoxy) is 1. The van der Waals surface area contributed by atoms with Crippen LogP contribution < -0.4 is 10.1 Å². The van der Waals surface area contributed by atoms with Gasteiger partial charge in [-0.3, -0.25) is 0 Å². The van der Waals surface area contributed by atoms with E-state index in [0.717, 1.165) is 0 Å². The Morgan fingerprint density at radius 3 is 2.33 bits per heavy atom. The molecule has 0 saturated heterocycles. The van der Waals surface area contributed by atoms with Gasteiger partial charge in [0, 0.05) is 12.6 Å². The molecule has 0 bridgehead atoms. The Hall–Kier alpha value is -2.25. The second-order valence-electron chi connectivity index (χ2n) is 3.23. The minimum atomic E-state index is -4.70. The normalized spacial score (nSPS) is 11.3. The van der Waals surface area contributed by atoms with Gasteiger partial charge in [-0.2, -0.15) is 0 Å². The Labute approximate surface area is 99.6 Å². The molecule has 0 radical (unpaired) electrons. The monoisotopic (exact) mass is 259 g/mol. The molecular formula is C10H8F3N3O2. The lowest BCUT2D eigenvalue weighted by atomic mass is 10.2. The third-order valence-corrected chi connectivity index (χ3v) is 1.97. The zero-order valence-corrected chi connectivity index (χ0v) is 9.15. The summed E-state index contributed by atoms with van der Waals surface area (Å²) in [6.45, 7) is 0. The zero-order valence-electron chi connectivity index (χ0n) is 9.15.